The lowest BCUT2D eigenvalue weighted by Crippen LogP contribution is -2.37. The SMILES string of the molecule is N#Cc1ncc(NC(CF)C(N)=O)nc1Nc1ccc2ncccc2c1. The predicted octanol–water partition coefficient (Wildman–Crippen LogP) is 1.88. The fraction of sp³-hybridized carbons (Fsp3) is 0.118. The van der Waals surface area contributed by atoms with E-state index in [1.54, 1.807) is 12.3 Å². The monoisotopic (exact) mass is 351 g/mol. The first kappa shape index (κ1) is 17.0. The zero-order valence-electron chi connectivity index (χ0n) is 13.5. The summed E-state index contributed by atoms with van der Waals surface area (Å²) in [7, 11) is 0. The normalized spacial score (nSPS) is 11.5. The van der Waals surface area contributed by atoms with Gasteiger partial charge in [-0.15, -0.1) is 0 Å². The van der Waals surface area contributed by atoms with Crippen LogP contribution in [0.5, 0.6) is 0 Å². The minimum Gasteiger partial charge on any atom is -0.368 e. The van der Waals surface area contributed by atoms with Gasteiger partial charge in [-0.05, 0) is 24.3 Å². The number of hydrogen-bond acceptors (Lipinski definition) is 7. The van der Waals surface area contributed by atoms with E-state index in [-0.39, 0.29) is 17.3 Å². The molecule has 8 nitrogen and oxygen atoms in total. The summed E-state index contributed by atoms with van der Waals surface area (Å²) in [4.78, 5) is 23.6. The largest absolute Gasteiger partial charge is 0.368 e. The van der Waals surface area contributed by atoms with Crippen molar-refractivity contribution in [3.8, 4) is 6.07 Å². The molecule has 0 aliphatic heterocycles. The van der Waals surface area contributed by atoms with Crippen molar-refractivity contribution in [2.75, 3.05) is 17.3 Å². The molecule has 1 atom stereocenters. The van der Waals surface area contributed by atoms with Gasteiger partial charge in [0.05, 0.1) is 11.7 Å². The number of amides is 1. The van der Waals surface area contributed by atoms with Crippen molar-refractivity contribution in [3.63, 3.8) is 0 Å². The van der Waals surface area contributed by atoms with E-state index in [1.165, 1.54) is 6.20 Å². The van der Waals surface area contributed by atoms with Crippen LogP contribution < -0.4 is 16.4 Å². The van der Waals surface area contributed by atoms with E-state index in [4.69, 9.17) is 5.73 Å². The average Bonchev–Trinajstić information content (AvgIpc) is 2.66. The van der Waals surface area contributed by atoms with Crippen LogP contribution in [-0.2, 0) is 4.79 Å². The summed E-state index contributed by atoms with van der Waals surface area (Å²) >= 11 is 0. The highest BCUT2D eigenvalue weighted by Crippen LogP contribution is 2.22. The lowest BCUT2D eigenvalue weighted by Gasteiger charge is -2.14. The number of carbonyl (C=O) groups excluding carboxylic acids is 1. The number of aromatic nitrogens is 3. The number of hydrogen-bond donors (Lipinski definition) is 3. The van der Waals surface area contributed by atoms with E-state index < -0.39 is 18.6 Å². The van der Waals surface area contributed by atoms with Crippen LogP contribution in [0.2, 0.25) is 0 Å². The Morgan fingerprint density at radius 3 is 2.92 bits per heavy atom. The third-order valence-electron chi connectivity index (χ3n) is 3.56. The molecule has 0 bridgehead atoms. The summed E-state index contributed by atoms with van der Waals surface area (Å²) in [5, 5.41) is 15.7. The number of pyridine rings is 1. The smallest absolute Gasteiger partial charge is 0.242 e. The topological polar surface area (TPSA) is 130 Å². The van der Waals surface area contributed by atoms with Crippen LogP contribution in [0.1, 0.15) is 5.69 Å². The second-order valence-corrected chi connectivity index (χ2v) is 5.35. The number of nitriles is 1. The number of carbonyl (C=O) groups is 1. The van der Waals surface area contributed by atoms with Gasteiger partial charge in [0.25, 0.3) is 0 Å². The quantitative estimate of drug-likeness (QED) is 0.618. The standard InChI is InChI=1S/C17H14FN7O/c18-7-13(16(20)26)24-15-9-22-14(8-19)17(25-15)23-11-3-4-12-10(6-11)2-1-5-21-12/h1-6,9,13H,7H2,(H2,20,26)(H2,23,24,25). The van der Waals surface area contributed by atoms with Crippen LogP contribution in [0, 0.1) is 11.3 Å². The Labute approximate surface area is 147 Å². The van der Waals surface area contributed by atoms with Crippen LogP contribution >= 0.6 is 0 Å². The van der Waals surface area contributed by atoms with E-state index in [0.29, 0.717) is 5.69 Å². The number of halogens is 1. The number of nitrogens with zero attached hydrogens (tertiary/aromatic N) is 4. The fourth-order valence-corrected chi connectivity index (χ4v) is 2.28. The van der Waals surface area contributed by atoms with E-state index in [2.05, 4.69) is 25.6 Å². The first-order chi connectivity index (χ1) is 12.6. The molecule has 2 heterocycles. The molecular formula is C17H14FN7O. The van der Waals surface area contributed by atoms with Gasteiger partial charge in [0, 0.05) is 17.3 Å². The molecule has 3 aromatic rings. The second kappa shape index (κ2) is 7.40. The van der Waals surface area contributed by atoms with Crippen molar-refractivity contribution >= 4 is 34.1 Å². The van der Waals surface area contributed by atoms with Crippen molar-refractivity contribution < 1.29 is 9.18 Å². The van der Waals surface area contributed by atoms with E-state index >= 15 is 0 Å². The maximum Gasteiger partial charge on any atom is 0.242 e. The molecule has 9 heteroatoms. The number of anilines is 3. The van der Waals surface area contributed by atoms with E-state index in [0.717, 1.165) is 10.9 Å². The molecule has 130 valence electrons. The summed E-state index contributed by atoms with van der Waals surface area (Å²) < 4.78 is 12.8. The third kappa shape index (κ3) is 3.64. The molecule has 0 aliphatic carbocycles. The minimum atomic E-state index is -1.23. The van der Waals surface area contributed by atoms with Gasteiger partial charge in [-0.1, -0.05) is 6.07 Å². The Morgan fingerprint density at radius 2 is 2.19 bits per heavy atom. The fourth-order valence-electron chi connectivity index (χ4n) is 2.28. The average molecular weight is 351 g/mol. The summed E-state index contributed by atoms with van der Waals surface area (Å²) in [6, 6.07) is 9.88. The third-order valence-corrected chi connectivity index (χ3v) is 3.56. The Balaban J connectivity index is 1.90. The number of nitrogens with one attached hydrogen (secondary N) is 2. The first-order valence-corrected chi connectivity index (χ1v) is 7.61. The van der Waals surface area contributed by atoms with Gasteiger partial charge >= 0.3 is 0 Å². The predicted molar refractivity (Wildman–Crippen MR) is 94.4 cm³/mol. The molecule has 1 amide bonds. The van der Waals surface area contributed by atoms with Crippen molar-refractivity contribution in [1.82, 2.24) is 15.0 Å². The number of fused-ring (bicyclic) bond motifs is 1. The molecule has 0 radical (unpaired) electrons. The van der Waals surface area contributed by atoms with Gasteiger partial charge in [0.1, 0.15) is 24.6 Å². The van der Waals surface area contributed by atoms with Crippen molar-refractivity contribution in [1.29, 1.82) is 5.26 Å². The molecule has 0 saturated carbocycles. The van der Waals surface area contributed by atoms with Gasteiger partial charge in [0.15, 0.2) is 11.5 Å². The highest BCUT2D eigenvalue weighted by atomic mass is 19.1. The van der Waals surface area contributed by atoms with Crippen molar-refractivity contribution in [2.24, 2.45) is 5.73 Å². The molecule has 1 aromatic carbocycles. The zero-order valence-corrected chi connectivity index (χ0v) is 13.5. The Hall–Kier alpha value is -3.80. The number of nitrogens with two attached hydrogens (primary N) is 1. The Kier molecular flexibility index (Phi) is 4.85. The van der Waals surface area contributed by atoms with E-state index in [9.17, 15) is 14.4 Å². The van der Waals surface area contributed by atoms with Gasteiger partial charge < -0.3 is 16.4 Å². The number of benzene rings is 1. The molecule has 1 unspecified atom stereocenters. The lowest BCUT2D eigenvalue weighted by atomic mass is 10.2. The van der Waals surface area contributed by atoms with Crippen LogP contribution in [0.15, 0.2) is 42.7 Å². The van der Waals surface area contributed by atoms with Crippen molar-refractivity contribution in [2.45, 2.75) is 6.04 Å². The van der Waals surface area contributed by atoms with Gasteiger partial charge in [-0.25, -0.2) is 14.4 Å². The second-order valence-electron chi connectivity index (χ2n) is 5.35. The molecule has 26 heavy (non-hydrogen) atoms. The summed E-state index contributed by atoms with van der Waals surface area (Å²) in [6.07, 6.45) is 2.93. The van der Waals surface area contributed by atoms with E-state index in [1.807, 2.05) is 30.3 Å². The number of alkyl halides is 1. The van der Waals surface area contributed by atoms with Gasteiger partial charge in [-0.3, -0.25) is 9.78 Å². The molecule has 0 aliphatic rings. The summed E-state index contributed by atoms with van der Waals surface area (Å²) in [5.41, 5.74) is 6.65. The Morgan fingerprint density at radius 1 is 1.35 bits per heavy atom. The van der Waals surface area contributed by atoms with Crippen LogP contribution in [-0.4, -0.2) is 33.6 Å². The molecular weight excluding hydrogens is 337 g/mol. The van der Waals surface area contributed by atoms with Crippen LogP contribution in [0.25, 0.3) is 10.9 Å². The van der Waals surface area contributed by atoms with Crippen molar-refractivity contribution in [3.05, 3.63) is 48.4 Å². The molecule has 0 spiro atoms. The lowest BCUT2D eigenvalue weighted by molar-refractivity contribution is -0.119. The van der Waals surface area contributed by atoms with Gasteiger partial charge in [0.2, 0.25) is 5.91 Å². The number of rotatable bonds is 6. The maximum absolute atomic E-state index is 12.8. The summed E-state index contributed by atoms with van der Waals surface area (Å²) in [6.45, 7) is -0.989. The van der Waals surface area contributed by atoms with Gasteiger partial charge in [-0.2, -0.15) is 5.26 Å². The van der Waals surface area contributed by atoms with Crippen LogP contribution in [0.4, 0.5) is 21.7 Å². The van der Waals surface area contributed by atoms with Crippen LogP contribution in [0.3, 0.4) is 0 Å². The number of primary amides is 1. The molecule has 0 saturated heterocycles. The summed E-state index contributed by atoms with van der Waals surface area (Å²) in [5.74, 6) is -0.562. The molecule has 2 aromatic heterocycles. The highest BCUT2D eigenvalue weighted by Gasteiger charge is 2.16. The molecule has 3 rings (SSSR count). The first-order valence-electron chi connectivity index (χ1n) is 7.61. The highest BCUT2D eigenvalue weighted by molar-refractivity contribution is 5.84. The molecule has 4 N–H and O–H groups in total. The molecule has 0 fully saturated rings. The minimum absolute atomic E-state index is 0.0534. The Bertz CT molecular complexity index is 1000. The maximum atomic E-state index is 12.8. The zero-order chi connectivity index (χ0) is 18.5.